The quantitative estimate of drug-likeness (QED) is 0.516. The Morgan fingerprint density at radius 1 is 1.33 bits per heavy atom. The smallest absolute Gasteiger partial charge is 0.292 e. The first-order valence-corrected chi connectivity index (χ1v) is 6.07. The third kappa shape index (κ3) is 3.09. The number of anilines is 2. The van der Waals surface area contributed by atoms with Crippen LogP contribution in [-0.2, 0) is 0 Å². The van der Waals surface area contributed by atoms with Gasteiger partial charge in [0.15, 0.2) is 0 Å². The van der Waals surface area contributed by atoms with Crippen molar-refractivity contribution in [1.29, 1.82) is 0 Å². The van der Waals surface area contributed by atoms with Crippen LogP contribution < -0.4 is 11.1 Å². The standard InChI is InChI=1S/C13H9ClFN3O3/c14-7-4-5-11(18(20)21)10(6-7)17-13(19)8-2-1-3-9(15)12(8)16/h1-6H,16H2,(H,17,19). The number of halogens is 2. The van der Waals surface area contributed by atoms with Gasteiger partial charge in [-0.1, -0.05) is 17.7 Å². The summed E-state index contributed by atoms with van der Waals surface area (Å²) < 4.78 is 13.3. The molecule has 2 rings (SSSR count). The average Bonchev–Trinajstić information content (AvgIpc) is 2.41. The number of carbonyl (C=O) groups is 1. The first-order valence-electron chi connectivity index (χ1n) is 5.69. The van der Waals surface area contributed by atoms with Gasteiger partial charge in [0.05, 0.1) is 16.2 Å². The molecule has 0 aliphatic rings. The summed E-state index contributed by atoms with van der Waals surface area (Å²) in [6, 6.07) is 7.44. The van der Waals surface area contributed by atoms with Crippen LogP contribution in [0.5, 0.6) is 0 Å². The second kappa shape index (κ2) is 5.76. The van der Waals surface area contributed by atoms with E-state index in [-0.39, 0.29) is 27.6 Å². The molecular weight excluding hydrogens is 301 g/mol. The molecule has 108 valence electrons. The molecule has 2 aromatic rings. The first kappa shape index (κ1) is 14.7. The Morgan fingerprint density at radius 3 is 2.71 bits per heavy atom. The minimum Gasteiger partial charge on any atom is -0.396 e. The number of nitro benzene ring substituents is 1. The van der Waals surface area contributed by atoms with Crippen LogP contribution in [0.25, 0.3) is 0 Å². The highest BCUT2D eigenvalue weighted by Gasteiger charge is 2.19. The minimum absolute atomic E-state index is 0.0961. The number of nitrogens with one attached hydrogen (secondary N) is 1. The summed E-state index contributed by atoms with van der Waals surface area (Å²) in [4.78, 5) is 22.3. The number of rotatable bonds is 3. The van der Waals surface area contributed by atoms with E-state index in [1.807, 2.05) is 0 Å². The van der Waals surface area contributed by atoms with Crippen molar-refractivity contribution in [3.8, 4) is 0 Å². The normalized spacial score (nSPS) is 10.2. The van der Waals surface area contributed by atoms with Gasteiger partial charge in [0.1, 0.15) is 11.5 Å². The fourth-order valence-corrected chi connectivity index (χ4v) is 1.86. The van der Waals surface area contributed by atoms with Crippen LogP contribution in [0.3, 0.4) is 0 Å². The number of benzene rings is 2. The molecule has 0 saturated carbocycles. The fraction of sp³-hybridized carbons (Fsp3) is 0. The summed E-state index contributed by atoms with van der Waals surface area (Å²) in [5.41, 5.74) is 4.59. The number of nitrogen functional groups attached to an aromatic ring is 1. The second-order valence-corrected chi connectivity index (χ2v) is 4.51. The molecule has 6 nitrogen and oxygen atoms in total. The van der Waals surface area contributed by atoms with Gasteiger partial charge in [-0.2, -0.15) is 0 Å². The summed E-state index contributed by atoms with van der Waals surface area (Å²) in [7, 11) is 0. The van der Waals surface area contributed by atoms with Crippen molar-refractivity contribution in [2.75, 3.05) is 11.1 Å². The molecular formula is C13H9ClFN3O3. The summed E-state index contributed by atoms with van der Waals surface area (Å²) in [6.07, 6.45) is 0. The second-order valence-electron chi connectivity index (χ2n) is 4.07. The van der Waals surface area contributed by atoms with E-state index in [9.17, 15) is 19.3 Å². The lowest BCUT2D eigenvalue weighted by Gasteiger charge is -2.08. The first-order chi connectivity index (χ1) is 9.90. The van der Waals surface area contributed by atoms with Crippen molar-refractivity contribution in [2.24, 2.45) is 0 Å². The molecule has 0 aliphatic carbocycles. The SMILES string of the molecule is Nc1c(F)cccc1C(=O)Nc1cc(Cl)ccc1[N+](=O)[O-]. The molecule has 0 aliphatic heterocycles. The molecule has 0 heterocycles. The van der Waals surface area contributed by atoms with Crippen molar-refractivity contribution in [3.63, 3.8) is 0 Å². The maximum atomic E-state index is 13.3. The predicted octanol–water partition coefficient (Wildman–Crippen LogP) is 3.22. The van der Waals surface area contributed by atoms with Crippen LogP contribution in [-0.4, -0.2) is 10.8 Å². The maximum absolute atomic E-state index is 13.3. The van der Waals surface area contributed by atoms with Crippen LogP contribution in [0.15, 0.2) is 36.4 Å². The molecule has 0 bridgehead atoms. The third-order valence-electron chi connectivity index (χ3n) is 2.70. The van der Waals surface area contributed by atoms with E-state index in [4.69, 9.17) is 17.3 Å². The Hall–Kier alpha value is -2.67. The Balaban J connectivity index is 2.38. The van der Waals surface area contributed by atoms with E-state index in [2.05, 4.69) is 5.32 Å². The van der Waals surface area contributed by atoms with Gasteiger partial charge in [-0.25, -0.2) is 4.39 Å². The highest BCUT2D eigenvalue weighted by Crippen LogP contribution is 2.28. The predicted molar refractivity (Wildman–Crippen MR) is 76.9 cm³/mol. The van der Waals surface area contributed by atoms with Gasteiger partial charge in [0.2, 0.25) is 0 Å². The Kier molecular flexibility index (Phi) is 4.04. The molecule has 21 heavy (non-hydrogen) atoms. The average molecular weight is 310 g/mol. The molecule has 0 atom stereocenters. The monoisotopic (exact) mass is 309 g/mol. The zero-order valence-corrected chi connectivity index (χ0v) is 11.2. The Labute approximate surface area is 123 Å². The number of amides is 1. The van der Waals surface area contributed by atoms with Gasteiger partial charge in [-0.15, -0.1) is 0 Å². The van der Waals surface area contributed by atoms with Gasteiger partial charge >= 0.3 is 0 Å². The van der Waals surface area contributed by atoms with Crippen molar-refractivity contribution < 1.29 is 14.1 Å². The van der Waals surface area contributed by atoms with Crippen molar-refractivity contribution in [1.82, 2.24) is 0 Å². The van der Waals surface area contributed by atoms with Gasteiger partial charge in [0.25, 0.3) is 11.6 Å². The molecule has 3 N–H and O–H groups in total. The van der Waals surface area contributed by atoms with Crippen LogP contribution >= 0.6 is 11.6 Å². The lowest BCUT2D eigenvalue weighted by molar-refractivity contribution is -0.383. The third-order valence-corrected chi connectivity index (χ3v) is 2.94. The molecule has 0 aromatic heterocycles. The molecule has 8 heteroatoms. The van der Waals surface area contributed by atoms with Gasteiger partial charge in [0, 0.05) is 11.1 Å². The molecule has 1 amide bonds. The van der Waals surface area contributed by atoms with Gasteiger partial charge < -0.3 is 11.1 Å². The molecule has 2 aromatic carbocycles. The zero-order chi connectivity index (χ0) is 15.6. The van der Waals surface area contributed by atoms with Crippen LogP contribution in [0.2, 0.25) is 5.02 Å². The molecule has 0 radical (unpaired) electrons. The molecule has 0 saturated heterocycles. The number of nitro groups is 1. The molecule has 0 unspecified atom stereocenters. The number of nitrogens with zero attached hydrogens (tertiary/aromatic N) is 1. The van der Waals surface area contributed by atoms with E-state index in [1.165, 1.54) is 24.3 Å². The van der Waals surface area contributed by atoms with E-state index in [0.717, 1.165) is 12.1 Å². The van der Waals surface area contributed by atoms with E-state index >= 15 is 0 Å². The van der Waals surface area contributed by atoms with Crippen LogP contribution in [0.1, 0.15) is 10.4 Å². The summed E-state index contributed by atoms with van der Waals surface area (Å²) in [5, 5.41) is 13.4. The largest absolute Gasteiger partial charge is 0.396 e. The topological polar surface area (TPSA) is 98.3 Å². The van der Waals surface area contributed by atoms with E-state index in [0.29, 0.717) is 0 Å². The fourth-order valence-electron chi connectivity index (χ4n) is 1.69. The number of hydrogen-bond donors (Lipinski definition) is 2. The lowest BCUT2D eigenvalue weighted by Crippen LogP contribution is -2.15. The highest BCUT2D eigenvalue weighted by atomic mass is 35.5. The van der Waals surface area contributed by atoms with Crippen LogP contribution in [0, 0.1) is 15.9 Å². The van der Waals surface area contributed by atoms with E-state index < -0.39 is 16.6 Å². The summed E-state index contributed by atoms with van der Waals surface area (Å²) in [6.45, 7) is 0. The molecule has 0 spiro atoms. The van der Waals surface area contributed by atoms with Crippen molar-refractivity contribution >= 4 is 34.6 Å². The van der Waals surface area contributed by atoms with Crippen LogP contribution in [0.4, 0.5) is 21.5 Å². The number of nitrogens with two attached hydrogens (primary N) is 1. The number of hydrogen-bond acceptors (Lipinski definition) is 4. The van der Waals surface area contributed by atoms with Crippen molar-refractivity contribution in [2.45, 2.75) is 0 Å². The summed E-state index contributed by atoms with van der Waals surface area (Å²) in [5.74, 6) is -1.51. The van der Waals surface area contributed by atoms with Gasteiger partial charge in [-0.05, 0) is 24.3 Å². The van der Waals surface area contributed by atoms with Gasteiger partial charge in [-0.3, -0.25) is 14.9 Å². The Bertz CT molecular complexity index is 737. The molecule has 0 fully saturated rings. The minimum atomic E-state index is -0.766. The zero-order valence-electron chi connectivity index (χ0n) is 10.5. The summed E-state index contributed by atoms with van der Waals surface area (Å²) >= 11 is 5.75. The maximum Gasteiger partial charge on any atom is 0.292 e. The van der Waals surface area contributed by atoms with Crippen molar-refractivity contribution in [3.05, 3.63) is 62.9 Å². The lowest BCUT2D eigenvalue weighted by atomic mass is 10.1. The van der Waals surface area contributed by atoms with E-state index in [1.54, 1.807) is 0 Å². The number of carbonyl (C=O) groups excluding carboxylic acids is 1. The highest BCUT2D eigenvalue weighted by molar-refractivity contribution is 6.31. The number of para-hydroxylation sites is 1. The Morgan fingerprint density at radius 2 is 2.05 bits per heavy atom.